The van der Waals surface area contributed by atoms with E-state index in [0.717, 1.165) is 42.4 Å². The molecule has 0 unspecified atom stereocenters. The van der Waals surface area contributed by atoms with Crippen LogP contribution in [0, 0.1) is 6.92 Å². The van der Waals surface area contributed by atoms with E-state index in [9.17, 15) is 4.79 Å². The van der Waals surface area contributed by atoms with Gasteiger partial charge in [0.1, 0.15) is 5.75 Å². The SMILES string of the molecule is Cc1cc(CN2CCN(C(=O)NCc3ccc(OC(C)C)cc3)CC2)on1. The van der Waals surface area contributed by atoms with Crippen molar-refractivity contribution in [2.45, 2.75) is 40.0 Å². The summed E-state index contributed by atoms with van der Waals surface area (Å²) in [5, 5.41) is 6.91. The molecule has 7 heteroatoms. The lowest BCUT2D eigenvalue weighted by atomic mass is 10.2. The second kappa shape index (κ2) is 8.90. The lowest BCUT2D eigenvalue weighted by Crippen LogP contribution is -2.51. The summed E-state index contributed by atoms with van der Waals surface area (Å²) in [5.41, 5.74) is 1.95. The van der Waals surface area contributed by atoms with Crippen LogP contribution in [0.5, 0.6) is 5.75 Å². The van der Waals surface area contributed by atoms with Crippen LogP contribution in [0.2, 0.25) is 0 Å². The molecule has 0 radical (unpaired) electrons. The van der Waals surface area contributed by atoms with Gasteiger partial charge < -0.3 is 19.5 Å². The molecule has 3 rings (SSSR count). The first-order valence-electron chi connectivity index (χ1n) is 9.42. The van der Waals surface area contributed by atoms with E-state index in [1.165, 1.54) is 0 Å². The Morgan fingerprint density at radius 2 is 1.93 bits per heavy atom. The van der Waals surface area contributed by atoms with E-state index >= 15 is 0 Å². The molecule has 1 fully saturated rings. The molecule has 0 spiro atoms. The van der Waals surface area contributed by atoms with E-state index in [1.54, 1.807) is 0 Å². The van der Waals surface area contributed by atoms with Gasteiger partial charge in [0.2, 0.25) is 0 Å². The van der Waals surface area contributed by atoms with Gasteiger partial charge in [-0.25, -0.2) is 4.79 Å². The molecule has 2 heterocycles. The van der Waals surface area contributed by atoms with E-state index in [0.29, 0.717) is 19.6 Å². The van der Waals surface area contributed by atoms with E-state index in [1.807, 2.05) is 56.0 Å². The molecule has 1 aliphatic rings. The Kier molecular flexibility index (Phi) is 6.34. The Morgan fingerprint density at radius 1 is 1.22 bits per heavy atom. The molecule has 1 aromatic heterocycles. The topological polar surface area (TPSA) is 70.8 Å². The van der Waals surface area contributed by atoms with E-state index in [2.05, 4.69) is 15.4 Å². The molecule has 1 N–H and O–H groups in total. The molecular weight excluding hydrogens is 344 g/mol. The Labute approximate surface area is 160 Å². The van der Waals surface area contributed by atoms with Crippen LogP contribution in [0.15, 0.2) is 34.9 Å². The minimum Gasteiger partial charge on any atom is -0.491 e. The number of rotatable bonds is 6. The van der Waals surface area contributed by atoms with Gasteiger partial charge in [0.25, 0.3) is 0 Å². The summed E-state index contributed by atoms with van der Waals surface area (Å²) in [6, 6.07) is 9.77. The van der Waals surface area contributed by atoms with Crippen molar-refractivity contribution in [3.05, 3.63) is 47.3 Å². The van der Waals surface area contributed by atoms with Crippen LogP contribution in [0.25, 0.3) is 0 Å². The number of hydrogen-bond donors (Lipinski definition) is 1. The normalized spacial score (nSPS) is 15.2. The fraction of sp³-hybridized carbons (Fsp3) is 0.500. The maximum Gasteiger partial charge on any atom is 0.317 e. The third-order valence-electron chi connectivity index (χ3n) is 4.45. The quantitative estimate of drug-likeness (QED) is 0.844. The van der Waals surface area contributed by atoms with Crippen LogP contribution in [0.4, 0.5) is 4.79 Å². The third kappa shape index (κ3) is 5.72. The highest BCUT2D eigenvalue weighted by Crippen LogP contribution is 2.14. The van der Waals surface area contributed by atoms with Gasteiger partial charge in [0, 0.05) is 38.8 Å². The molecular formula is C20H28N4O3. The number of nitrogens with one attached hydrogen (secondary N) is 1. The summed E-state index contributed by atoms with van der Waals surface area (Å²) in [6.07, 6.45) is 0.155. The average Bonchev–Trinajstić information content (AvgIpc) is 3.06. The number of piperazine rings is 1. The summed E-state index contributed by atoms with van der Waals surface area (Å²) in [7, 11) is 0. The van der Waals surface area contributed by atoms with Crippen LogP contribution in [-0.4, -0.2) is 53.3 Å². The Hall–Kier alpha value is -2.54. The first-order valence-corrected chi connectivity index (χ1v) is 9.42. The zero-order valence-corrected chi connectivity index (χ0v) is 16.3. The second-order valence-electron chi connectivity index (χ2n) is 7.17. The van der Waals surface area contributed by atoms with Gasteiger partial charge in [-0.2, -0.15) is 0 Å². The van der Waals surface area contributed by atoms with Crippen molar-refractivity contribution >= 4 is 6.03 Å². The number of hydrogen-bond acceptors (Lipinski definition) is 5. The average molecular weight is 372 g/mol. The molecule has 0 aliphatic carbocycles. The van der Waals surface area contributed by atoms with Crippen molar-refractivity contribution in [3.8, 4) is 5.75 Å². The van der Waals surface area contributed by atoms with Crippen LogP contribution in [-0.2, 0) is 13.1 Å². The number of carbonyl (C=O) groups excluding carboxylic acids is 1. The van der Waals surface area contributed by atoms with Gasteiger partial charge in [-0.1, -0.05) is 17.3 Å². The van der Waals surface area contributed by atoms with E-state index in [-0.39, 0.29) is 12.1 Å². The minimum absolute atomic E-state index is 0.0207. The maximum atomic E-state index is 12.4. The summed E-state index contributed by atoms with van der Waals surface area (Å²) < 4.78 is 10.9. The number of benzene rings is 1. The molecule has 27 heavy (non-hydrogen) atoms. The van der Waals surface area contributed by atoms with Crippen molar-refractivity contribution < 1.29 is 14.1 Å². The fourth-order valence-corrected chi connectivity index (χ4v) is 3.07. The fourth-order valence-electron chi connectivity index (χ4n) is 3.07. The molecule has 1 aromatic carbocycles. The van der Waals surface area contributed by atoms with Crippen LogP contribution >= 0.6 is 0 Å². The molecule has 1 aliphatic heterocycles. The lowest BCUT2D eigenvalue weighted by Gasteiger charge is -2.34. The maximum absolute atomic E-state index is 12.4. The molecule has 1 saturated heterocycles. The zero-order valence-electron chi connectivity index (χ0n) is 16.3. The van der Waals surface area contributed by atoms with Crippen LogP contribution in [0.1, 0.15) is 30.9 Å². The Morgan fingerprint density at radius 3 is 2.52 bits per heavy atom. The predicted octanol–water partition coefficient (Wildman–Crippen LogP) is 2.80. The van der Waals surface area contributed by atoms with Gasteiger partial charge in [-0.05, 0) is 38.5 Å². The zero-order chi connectivity index (χ0) is 19.2. The number of nitrogens with zero attached hydrogens (tertiary/aromatic N) is 3. The summed E-state index contributed by atoms with van der Waals surface area (Å²) in [4.78, 5) is 16.5. The van der Waals surface area contributed by atoms with Crippen molar-refractivity contribution in [1.29, 1.82) is 0 Å². The first kappa shape index (κ1) is 19.2. The van der Waals surface area contributed by atoms with Gasteiger partial charge in [0.15, 0.2) is 5.76 Å². The molecule has 0 saturated carbocycles. The number of aromatic nitrogens is 1. The van der Waals surface area contributed by atoms with Crippen molar-refractivity contribution in [2.75, 3.05) is 26.2 Å². The minimum atomic E-state index is -0.0207. The highest BCUT2D eigenvalue weighted by atomic mass is 16.5. The number of amides is 2. The largest absolute Gasteiger partial charge is 0.491 e. The molecule has 7 nitrogen and oxygen atoms in total. The summed E-state index contributed by atoms with van der Waals surface area (Å²) in [5.74, 6) is 1.72. The summed E-state index contributed by atoms with van der Waals surface area (Å²) in [6.45, 7) is 10.2. The van der Waals surface area contributed by atoms with Crippen LogP contribution in [0.3, 0.4) is 0 Å². The van der Waals surface area contributed by atoms with Crippen molar-refractivity contribution in [1.82, 2.24) is 20.3 Å². The van der Waals surface area contributed by atoms with Crippen molar-refractivity contribution in [3.63, 3.8) is 0 Å². The smallest absolute Gasteiger partial charge is 0.317 e. The standard InChI is InChI=1S/C20H28N4O3/c1-15(2)26-18-6-4-17(5-7-18)13-21-20(25)24-10-8-23(9-11-24)14-19-12-16(3)22-27-19/h4-7,12,15H,8-11,13-14H2,1-3H3,(H,21,25). The highest BCUT2D eigenvalue weighted by Gasteiger charge is 2.21. The number of aryl methyl sites for hydroxylation is 1. The molecule has 0 atom stereocenters. The second-order valence-corrected chi connectivity index (χ2v) is 7.17. The lowest BCUT2D eigenvalue weighted by molar-refractivity contribution is 0.128. The van der Waals surface area contributed by atoms with Gasteiger partial charge in [-0.3, -0.25) is 4.90 Å². The van der Waals surface area contributed by atoms with Gasteiger partial charge in [0.05, 0.1) is 18.3 Å². The van der Waals surface area contributed by atoms with E-state index < -0.39 is 0 Å². The molecule has 146 valence electrons. The molecule has 2 amide bonds. The van der Waals surface area contributed by atoms with Crippen molar-refractivity contribution in [2.24, 2.45) is 0 Å². The van der Waals surface area contributed by atoms with E-state index in [4.69, 9.17) is 9.26 Å². The van der Waals surface area contributed by atoms with Gasteiger partial charge in [-0.15, -0.1) is 0 Å². The van der Waals surface area contributed by atoms with Gasteiger partial charge >= 0.3 is 6.03 Å². The first-order chi connectivity index (χ1) is 13.0. The number of carbonyl (C=O) groups is 1. The van der Waals surface area contributed by atoms with Crippen LogP contribution < -0.4 is 10.1 Å². The Balaban J connectivity index is 1.40. The highest BCUT2D eigenvalue weighted by molar-refractivity contribution is 5.74. The number of urea groups is 1. The Bertz CT molecular complexity index is 734. The monoisotopic (exact) mass is 372 g/mol. The molecule has 2 aromatic rings. The third-order valence-corrected chi connectivity index (χ3v) is 4.45. The molecule has 0 bridgehead atoms. The number of ether oxygens (including phenoxy) is 1. The summed E-state index contributed by atoms with van der Waals surface area (Å²) >= 11 is 0. The predicted molar refractivity (Wildman–Crippen MR) is 103 cm³/mol.